The first-order chi connectivity index (χ1) is 12.6. The van der Waals surface area contributed by atoms with E-state index in [9.17, 15) is 9.59 Å². The molecule has 0 bridgehead atoms. The molecule has 4 aromatic rings. The number of pyridine rings is 1. The number of aryl methyl sites for hydroxylation is 1. The van der Waals surface area contributed by atoms with Crippen LogP contribution in [0.25, 0.3) is 22.0 Å². The summed E-state index contributed by atoms with van der Waals surface area (Å²) in [5, 5.41) is 1.36. The van der Waals surface area contributed by atoms with E-state index in [0.717, 1.165) is 16.5 Å². The van der Waals surface area contributed by atoms with E-state index in [1.54, 1.807) is 30.3 Å². The summed E-state index contributed by atoms with van der Waals surface area (Å²) in [6.45, 7) is 2.01. The van der Waals surface area contributed by atoms with E-state index in [1.807, 2.05) is 61.5 Å². The fraction of sp³-hybridized carbons (Fsp3) is 0.0435. The first-order valence-corrected chi connectivity index (χ1v) is 8.47. The Kier molecular flexibility index (Phi) is 3.98. The van der Waals surface area contributed by atoms with Crippen molar-refractivity contribution in [1.29, 1.82) is 0 Å². The molecule has 0 N–H and O–H groups in total. The molecule has 3 aromatic carbocycles. The molecule has 0 saturated heterocycles. The number of hydrogen-bond acceptors (Lipinski definition) is 2. The Morgan fingerprint density at radius 2 is 1.46 bits per heavy atom. The van der Waals surface area contributed by atoms with Crippen molar-refractivity contribution in [3.63, 3.8) is 0 Å². The zero-order valence-electron chi connectivity index (χ0n) is 14.3. The molecular formula is C23H17NO2. The quantitative estimate of drug-likeness (QED) is 0.532. The van der Waals surface area contributed by atoms with E-state index in [2.05, 4.69) is 0 Å². The molecule has 26 heavy (non-hydrogen) atoms. The monoisotopic (exact) mass is 339 g/mol. The minimum atomic E-state index is -0.322. The zero-order chi connectivity index (χ0) is 18.1. The van der Waals surface area contributed by atoms with Gasteiger partial charge in [-0.05, 0) is 42.1 Å². The highest BCUT2D eigenvalue weighted by molar-refractivity contribution is 6.00. The molecule has 0 fully saturated rings. The number of fused-ring (bicyclic) bond motifs is 1. The summed E-state index contributed by atoms with van der Waals surface area (Å²) in [5.41, 5.74) is 2.74. The second kappa shape index (κ2) is 6.45. The number of carbonyl (C=O) groups excluding carboxylic acids is 1. The minimum Gasteiger partial charge on any atom is -0.268 e. The molecule has 0 aliphatic rings. The Bertz CT molecular complexity index is 1160. The maximum atomic E-state index is 13.1. The fourth-order valence-corrected chi connectivity index (χ4v) is 3.11. The van der Waals surface area contributed by atoms with Crippen molar-refractivity contribution < 1.29 is 4.79 Å². The van der Waals surface area contributed by atoms with Crippen molar-refractivity contribution >= 4 is 16.7 Å². The van der Waals surface area contributed by atoms with Gasteiger partial charge in [-0.3, -0.25) is 9.59 Å². The van der Waals surface area contributed by atoms with Crippen LogP contribution in [0.2, 0.25) is 0 Å². The van der Waals surface area contributed by atoms with E-state index in [0.29, 0.717) is 16.6 Å². The summed E-state index contributed by atoms with van der Waals surface area (Å²) in [6, 6.07) is 26.0. The van der Waals surface area contributed by atoms with Gasteiger partial charge in [0.05, 0.1) is 5.69 Å². The van der Waals surface area contributed by atoms with E-state index >= 15 is 0 Å². The predicted molar refractivity (Wildman–Crippen MR) is 105 cm³/mol. The van der Waals surface area contributed by atoms with E-state index in [-0.39, 0.29) is 11.5 Å². The topological polar surface area (TPSA) is 39.1 Å². The molecule has 0 atom stereocenters. The van der Waals surface area contributed by atoms with Crippen LogP contribution in [-0.2, 0) is 0 Å². The molecule has 0 aliphatic carbocycles. The molecule has 0 spiro atoms. The van der Waals surface area contributed by atoms with Gasteiger partial charge >= 0.3 is 0 Å². The number of rotatable bonds is 2. The Morgan fingerprint density at radius 3 is 2.19 bits per heavy atom. The lowest BCUT2D eigenvalue weighted by Gasteiger charge is -2.14. The average Bonchev–Trinajstić information content (AvgIpc) is 2.69. The number of hydrogen-bond donors (Lipinski definition) is 0. The summed E-state index contributed by atoms with van der Waals surface area (Å²) in [4.78, 5) is 26.3. The number of carbonyl (C=O) groups is 1. The molecule has 3 heteroatoms. The molecule has 3 nitrogen and oxygen atoms in total. The summed E-state index contributed by atoms with van der Waals surface area (Å²) in [7, 11) is 0. The van der Waals surface area contributed by atoms with Gasteiger partial charge in [0.1, 0.15) is 0 Å². The molecule has 0 aliphatic heterocycles. The third-order valence-corrected chi connectivity index (χ3v) is 4.50. The van der Waals surface area contributed by atoms with Gasteiger partial charge < -0.3 is 0 Å². The fourth-order valence-electron chi connectivity index (χ4n) is 3.11. The number of aromatic nitrogens is 1. The van der Waals surface area contributed by atoms with E-state index in [4.69, 9.17) is 0 Å². The SMILES string of the molecule is Cc1ccc(-c2cc3ccccc3c(=O)n2C(=O)c2ccccc2)cc1. The van der Waals surface area contributed by atoms with Crippen LogP contribution in [0.3, 0.4) is 0 Å². The van der Waals surface area contributed by atoms with Crippen LogP contribution in [-0.4, -0.2) is 10.5 Å². The minimum absolute atomic E-state index is 0.299. The van der Waals surface area contributed by atoms with Gasteiger partial charge in [-0.2, -0.15) is 0 Å². The van der Waals surface area contributed by atoms with Gasteiger partial charge in [-0.15, -0.1) is 0 Å². The molecule has 1 aromatic heterocycles. The molecule has 0 amide bonds. The molecule has 0 saturated carbocycles. The molecule has 0 radical (unpaired) electrons. The van der Waals surface area contributed by atoms with Gasteiger partial charge in [-0.25, -0.2) is 4.57 Å². The van der Waals surface area contributed by atoms with Crippen LogP contribution in [0, 0.1) is 6.92 Å². The third-order valence-electron chi connectivity index (χ3n) is 4.50. The van der Waals surface area contributed by atoms with Crippen LogP contribution in [0.15, 0.2) is 89.7 Å². The molecule has 126 valence electrons. The molecule has 1 heterocycles. The van der Waals surface area contributed by atoms with Gasteiger partial charge in [0.15, 0.2) is 0 Å². The summed E-state index contributed by atoms with van der Waals surface area (Å²) in [6.07, 6.45) is 0. The second-order valence-electron chi connectivity index (χ2n) is 6.29. The highest BCUT2D eigenvalue weighted by Crippen LogP contribution is 2.23. The zero-order valence-corrected chi connectivity index (χ0v) is 14.3. The Hall–Kier alpha value is -3.46. The lowest BCUT2D eigenvalue weighted by atomic mass is 10.0. The largest absolute Gasteiger partial charge is 0.268 e. The normalized spacial score (nSPS) is 10.8. The van der Waals surface area contributed by atoms with Gasteiger partial charge in [0.25, 0.3) is 11.5 Å². The van der Waals surface area contributed by atoms with Gasteiger partial charge in [0, 0.05) is 10.9 Å². The summed E-state index contributed by atoms with van der Waals surface area (Å²) < 4.78 is 1.28. The van der Waals surface area contributed by atoms with Crippen LogP contribution in [0.1, 0.15) is 15.9 Å². The second-order valence-corrected chi connectivity index (χ2v) is 6.29. The van der Waals surface area contributed by atoms with Gasteiger partial charge in [0.2, 0.25) is 0 Å². The standard InChI is InChI=1S/C23H17NO2/c1-16-11-13-17(14-12-16)21-15-19-9-5-6-10-20(19)23(26)24(21)22(25)18-7-3-2-4-8-18/h2-15H,1H3. The lowest BCUT2D eigenvalue weighted by Crippen LogP contribution is -2.29. The van der Waals surface area contributed by atoms with Crippen LogP contribution in [0.5, 0.6) is 0 Å². The van der Waals surface area contributed by atoms with Crippen molar-refractivity contribution in [1.82, 2.24) is 4.57 Å². The van der Waals surface area contributed by atoms with Crippen LogP contribution in [0.4, 0.5) is 0 Å². The number of benzene rings is 3. The lowest BCUT2D eigenvalue weighted by molar-refractivity contribution is 0.0958. The van der Waals surface area contributed by atoms with E-state index < -0.39 is 0 Å². The predicted octanol–water partition coefficient (Wildman–Crippen LogP) is 4.67. The highest BCUT2D eigenvalue weighted by Gasteiger charge is 2.18. The number of nitrogens with zero attached hydrogens (tertiary/aromatic N) is 1. The summed E-state index contributed by atoms with van der Waals surface area (Å²) >= 11 is 0. The van der Waals surface area contributed by atoms with Crippen molar-refractivity contribution in [3.05, 3.63) is 106 Å². The molecular weight excluding hydrogens is 322 g/mol. The van der Waals surface area contributed by atoms with Crippen molar-refractivity contribution in [2.45, 2.75) is 6.92 Å². The first-order valence-electron chi connectivity index (χ1n) is 8.47. The maximum Gasteiger partial charge on any atom is 0.265 e. The third kappa shape index (κ3) is 2.74. The average molecular weight is 339 g/mol. The molecule has 4 rings (SSSR count). The van der Waals surface area contributed by atoms with Crippen LogP contribution < -0.4 is 5.56 Å². The Balaban J connectivity index is 2.04. The van der Waals surface area contributed by atoms with Gasteiger partial charge in [-0.1, -0.05) is 66.2 Å². The van der Waals surface area contributed by atoms with E-state index in [1.165, 1.54) is 4.57 Å². The Labute approximate surface area is 151 Å². The van der Waals surface area contributed by atoms with Crippen LogP contribution >= 0.6 is 0 Å². The highest BCUT2D eigenvalue weighted by atomic mass is 16.2. The van der Waals surface area contributed by atoms with Crippen molar-refractivity contribution in [2.75, 3.05) is 0 Å². The van der Waals surface area contributed by atoms with Crippen molar-refractivity contribution in [2.24, 2.45) is 0 Å². The molecule has 0 unspecified atom stereocenters. The van der Waals surface area contributed by atoms with Crippen molar-refractivity contribution in [3.8, 4) is 11.3 Å². The first kappa shape index (κ1) is 16.0. The Morgan fingerprint density at radius 1 is 0.808 bits per heavy atom. The smallest absolute Gasteiger partial charge is 0.265 e. The summed E-state index contributed by atoms with van der Waals surface area (Å²) in [5.74, 6) is -0.322. The maximum absolute atomic E-state index is 13.1.